The molecule has 0 aliphatic heterocycles. The van der Waals surface area contributed by atoms with Crippen LogP contribution in [0.3, 0.4) is 0 Å². The van der Waals surface area contributed by atoms with Gasteiger partial charge in [-0.1, -0.05) is 10.5 Å². The molecule has 1 rings (SSSR count). The molecule has 0 saturated heterocycles. The van der Waals surface area contributed by atoms with Gasteiger partial charge >= 0.3 is 0 Å². The third kappa shape index (κ3) is 4.02. The first kappa shape index (κ1) is 14.0. The van der Waals surface area contributed by atoms with Gasteiger partial charge in [-0.2, -0.15) is 0 Å². The van der Waals surface area contributed by atoms with Gasteiger partial charge in [0.25, 0.3) is 0 Å². The molecule has 0 aromatic heterocycles. The monoisotopic (exact) mass is 257 g/mol. The highest BCUT2D eigenvalue weighted by Gasteiger charge is 2.25. The van der Waals surface area contributed by atoms with E-state index in [0.717, 1.165) is 0 Å². The molecule has 0 spiro atoms. The standard InChI is InChI=1S/C12H16FNO2S/c1-12(2,3)17(15)14-8-9-5-6-10(13)11(7-9)16-4/h5-8H,1-4H3/b14-8+. The summed E-state index contributed by atoms with van der Waals surface area (Å²) in [6.45, 7) is 5.52. The number of halogens is 1. The topological polar surface area (TPSA) is 44.6 Å². The first-order valence-electron chi connectivity index (χ1n) is 5.14. The molecule has 94 valence electrons. The highest BCUT2D eigenvalue weighted by molar-refractivity contribution is 7.91. The minimum absolute atomic E-state index is 0.149. The van der Waals surface area contributed by atoms with E-state index in [2.05, 4.69) is 4.40 Å². The van der Waals surface area contributed by atoms with Gasteiger partial charge in [-0.05, 0) is 32.9 Å². The molecule has 1 atom stereocenters. The second kappa shape index (κ2) is 5.51. The summed E-state index contributed by atoms with van der Waals surface area (Å²) < 4.78 is 33.2. The summed E-state index contributed by atoms with van der Waals surface area (Å²) in [5, 5.41) is 0. The molecular weight excluding hydrogens is 241 g/mol. The number of nitrogens with zero attached hydrogens (tertiary/aromatic N) is 1. The Bertz CT molecular complexity index is 415. The van der Waals surface area contributed by atoms with Crippen LogP contribution in [0, 0.1) is 5.82 Å². The van der Waals surface area contributed by atoms with Crippen LogP contribution in [-0.4, -0.2) is 22.6 Å². The Hall–Kier alpha value is -1.07. The highest BCUT2D eigenvalue weighted by Crippen LogP contribution is 2.19. The normalized spacial score (nSPS) is 14.0. The molecule has 0 aliphatic carbocycles. The zero-order valence-corrected chi connectivity index (χ0v) is 11.2. The number of methoxy groups -OCH3 is 1. The van der Waals surface area contributed by atoms with E-state index in [1.54, 1.807) is 6.07 Å². The van der Waals surface area contributed by atoms with Crippen LogP contribution in [-0.2, 0) is 11.4 Å². The lowest BCUT2D eigenvalue weighted by Crippen LogP contribution is -2.25. The zero-order valence-electron chi connectivity index (χ0n) is 10.4. The Labute approximate surface area is 104 Å². The van der Waals surface area contributed by atoms with Gasteiger partial charge in [0.05, 0.1) is 13.3 Å². The lowest BCUT2D eigenvalue weighted by Gasteiger charge is -2.17. The van der Waals surface area contributed by atoms with Crippen LogP contribution in [0.4, 0.5) is 4.39 Å². The van der Waals surface area contributed by atoms with Crippen LogP contribution in [0.2, 0.25) is 0 Å². The van der Waals surface area contributed by atoms with Crippen molar-refractivity contribution in [3.63, 3.8) is 0 Å². The minimum atomic E-state index is -1.32. The second-order valence-electron chi connectivity index (χ2n) is 4.49. The first-order chi connectivity index (χ1) is 7.84. The predicted octanol–water partition coefficient (Wildman–Crippen LogP) is 2.72. The van der Waals surface area contributed by atoms with Crippen LogP contribution in [0.1, 0.15) is 26.3 Å². The van der Waals surface area contributed by atoms with Gasteiger partial charge in [0.15, 0.2) is 11.6 Å². The molecule has 17 heavy (non-hydrogen) atoms. The number of hydrogen-bond acceptors (Lipinski definition) is 3. The van der Waals surface area contributed by atoms with E-state index in [0.29, 0.717) is 5.56 Å². The van der Waals surface area contributed by atoms with Crippen molar-refractivity contribution in [3.05, 3.63) is 29.6 Å². The zero-order chi connectivity index (χ0) is 13.1. The Balaban J connectivity index is 2.85. The average Bonchev–Trinajstić information content (AvgIpc) is 2.26. The van der Waals surface area contributed by atoms with Crippen LogP contribution in [0.15, 0.2) is 22.6 Å². The first-order valence-corrected chi connectivity index (χ1v) is 6.25. The van der Waals surface area contributed by atoms with Crippen molar-refractivity contribution in [3.8, 4) is 5.75 Å². The van der Waals surface area contributed by atoms with Crippen molar-refractivity contribution >= 4 is 17.6 Å². The third-order valence-corrected chi connectivity index (χ3v) is 3.34. The molecule has 0 saturated carbocycles. The molecule has 5 heteroatoms. The minimum Gasteiger partial charge on any atom is -0.591 e. The number of benzene rings is 1. The van der Waals surface area contributed by atoms with Crippen LogP contribution in [0.5, 0.6) is 5.75 Å². The van der Waals surface area contributed by atoms with Crippen molar-refractivity contribution in [2.45, 2.75) is 25.5 Å². The Kier molecular flexibility index (Phi) is 4.54. The van der Waals surface area contributed by atoms with E-state index in [-0.39, 0.29) is 5.75 Å². The van der Waals surface area contributed by atoms with Gasteiger partial charge in [-0.15, -0.1) is 0 Å². The lowest BCUT2D eigenvalue weighted by molar-refractivity contribution is 0.386. The van der Waals surface area contributed by atoms with Gasteiger partial charge < -0.3 is 9.29 Å². The van der Waals surface area contributed by atoms with Gasteiger partial charge in [0, 0.05) is 5.56 Å². The smallest absolute Gasteiger partial charge is 0.165 e. The van der Waals surface area contributed by atoms with Crippen molar-refractivity contribution in [1.29, 1.82) is 0 Å². The maximum atomic E-state index is 13.1. The molecule has 0 amide bonds. The van der Waals surface area contributed by atoms with E-state index >= 15 is 0 Å². The van der Waals surface area contributed by atoms with Gasteiger partial charge in [-0.25, -0.2) is 4.39 Å². The van der Waals surface area contributed by atoms with Gasteiger partial charge in [0.2, 0.25) is 0 Å². The van der Waals surface area contributed by atoms with Crippen LogP contribution < -0.4 is 4.74 Å². The van der Waals surface area contributed by atoms with E-state index in [1.165, 1.54) is 25.5 Å². The van der Waals surface area contributed by atoms with Gasteiger partial charge in [0.1, 0.15) is 16.1 Å². The van der Waals surface area contributed by atoms with Gasteiger partial charge in [-0.3, -0.25) is 0 Å². The van der Waals surface area contributed by atoms with Crippen molar-refractivity contribution in [2.24, 2.45) is 4.40 Å². The van der Waals surface area contributed by atoms with E-state index in [9.17, 15) is 8.94 Å². The molecule has 0 aliphatic rings. The fourth-order valence-corrected chi connectivity index (χ4v) is 1.56. The average molecular weight is 257 g/mol. The maximum Gasteiger partial charge on any atom is 0.165 e. The fourth-order valence-electron chi connectivity index (χ4n) is 1.02. The summed E-state index contributed by atoms with van der Waals surface area (Å²) in [7, 11) is 1.40. The molecule has 0 fully saturated rings. The SMILES string of the molecule is COc1cc(/C=N/[S+]([O-])C(C)(C)C)ccc1F. The third-order valence-electron chi connectivity index (χ3n) is 2.00. The Morgan fingerprint density at radius 3 is 2.59 bits per heavy atom. The predicted molar refractivity (Wildman–Crippen MR) is 68.4 cm³/mol. The molecule has 1 aromatic carbocycles. The second-order valence-corrected chi connectivity index (χ2v) is 6.42. The van der Waals surface area contributed by atoms with E-state index < -0.39 is 21.9 Å². The van der Waals surface area contributed by atoms with Crippen molar-refractivity contribution in [1.82, 2.24) is 0 Å². The molecule has 1 unspecified atom stereocenters. The van der Waals surface area contributed by atoms with E-state index in [4.69, 9.17) is 4.74 Å². The highest BCUT2D eigenvalue weighted by atomic mass is 32.2. The number of ether oxygens (including phenoxy) is 1. The summed E-state index contributed by atoms with van der Waals surface area (Å²) in [5.74, 6) is -0.280. The molecule has 3 nitrogen and oxygen atoms in total. The largest absolute Gasteiger partial charge is 0.591 e. The molecule has 0 radical (unpaired) electrons. The maximum absolute atomic E-state index is 13.1. The molecule has 0 heterocycles. The molecular formula is C12H16FNO2S. The summed E-state index contributed by atoms with van der Waals surface area (Å²) in [6, 6.07) is 4.36. The number of hydrogen-bond donors (Lipinski definition) is 0. The summed E-state index contributed by atoms with van der Waals surface area (Å²) in [6.07, 6.45) is 1.46. The van der Waals surface area contributed by atoms with E-state index in [1.807, 2.05) is 20.8 Å². The molecule has 0 bridgehead atoms. The molecule has 0 N–H and O–H groups in total. The number of rotatable bonds is 3. The quantitative estimate of drug-likeness (QED) is 0.617. The molecule has 1 aromatic rings. The Morgan fingerprint density at radius 1 is 1.41 bits per heavy atom. The Morgan fingerprint density at radius 2 is 2.06 bits per heavy atom. The fraction of sp³-hybridized carbons (Fsp3) is 0.417. The van der Waals surface area contributed by atoms with Crippen LogP contribution >= 0.6 is 0 Å². The van der Waals surface area contributed by atoms with Crippen molar-refractivity contribution < 1.29 is 13.7 Å². The summed E-state index contributed by atoms with van der Waals surface area (Å²) in [5.41, 5.74) is 0.654. The lowest BCUT2D eigenvalue weighted by atomic mass is 10.2. The summed E-state index contributed by atoms with van der Waals surface area (Å²) >= 11 is -1.32. The van der Waals surface area contributed by atoms with Crippen molar-refractivity contribution in [2.75, 3.05) is 7.11 Å². The van der Waals surface area contributed by atoms with Crippen LogP contribution in [0.25, 0.3) is 0 Å². The summed E-state index contributed by atoms with van der Waals surface area (Å²) in [4.78, 5) is 0.